The first-order valence-corrected chi connectivity index (χ1v) is 22.4. The minimum absolute atomic E-state index is 0.0968. The van der Waals surface area contributed by atoms with Crippen LogP contribution in [0, 0.1) is 11.8 Å². The Bertz CT molecular complexity index is 2130. The highest BCUT2D eigenvalue weighted by Crippen LogP contribution is 2.21. The molecule has 1 aliphatic heterocycles. The molecule has 0 aliphatic carbocycles. The maximum atomic E-state index is 14.3. The van der Waals surface area contributed by atoms with E-state index in [0.717, 1.165) is 0 Å². The average Bonchev–Trinajstić information content (AvgIpc) is 4.09. The zero-order valence-electron chi connectivity index (χ0n) is 39.2. The number of primary amides is 2. The van der Waals surface area contributed by atoms with Crippen LogP contribution < -0.4 is 54.4 Å². The number of hydrogen-bond acceptors (Lipinski definition) is 14. The molecule has 0 saturated carbocycles. The normalized spacial score (nSPS) is 16.4. The van der Waals surface area contributed by atoms with Crippen molar-refractivity contribution in [2.24, 2.45) is 29.0 Å². The van der Waals surface area contributed by atoms with Crippen LogP contribution in [0.3, 0.4) is 0 Å². The van der Waals surface area contributed by atoms with Gasteiger partial charge in [0.05, 0.1) is 25.6 Å². The van der Waals surface area contributed by atoms with Crippen molar-refractivity contribution >= 4 is 65.0 Å². The third kappa shape index (κ3) is 17.9. The van der Waals surface area contributed by atoms with Gasteiger partial charge in [0.15, 0.2) is 0 Å². The molecule has 69 heavy (non-hydrogen) atoms. The summed E-state index contributed by atoms with van der Waals surface area (Å²) in [5, 5.41) is 26.8. The molecular weight excluding hydrogens is 907 g/mol. The number of carboxylic acid groups (broad SMARTS) is 1. The van der Waals surface area contributed by atoms with E-state index in [1.54, 1.807) is 27.7 Å². The number of nitrogens with zero attached hydrogens (tertiary/aromatic N) is 3. The number of aromatic amines is 2. The van der Waals surface area contributed by atoms with Gasteiger partial charge in [0.2, 0.25) is 59.1 Å². The molecule has 3 heterocycles. The minimum atomic E-state index is -1.67. The molecule has 16 N–H and O–H groups in total. The smallest absolute Gasteiger partial charge is 0.325 e. The second kappa shape index (κ2) is 26.8. The van der Waals surface area contributed by atoms with Crippen LogP contribution in [0.25, 0.3) is 0 Å². The van der Waals surface area contributed by atoms with Crippen LogP contribution in [0.5, 0.6) is 0 Å². The predicted octanol–water partition coefficient (Wildman–Crippen LogP) is -4.79. The number of H-pyrrole nitrogens is 2. The Labute approximate surface area is 397 Å². The van der Waals surface area contributed by atoms with Gasteiger partial charge >= 0.3 is 5.97 Å². The number of carbonyl (C=O) groups is 11. The summed E-state index contributed by atoms with van der Waals surface area (Å²) in [7, 11) is 0. The van der Waals surface area contributed by atoms with Crippen LogP contribution in [0.15, 0.2) is 25.0 Å². The van der Waals surface area contributed by atoms with Crippen LogP contribution in [0.4, 0.5) is 0 Å². The molecule has 27 heteroatoms. The number of hydrogen-bond donors (Lipinski definition) is 13. The molecule has 1 fully saturated rings. The molecule has 0 aromatic carbocycles. The highest BCUT2D eigenvalue weighted by atomic mass is 16.4. The zero-order chi connectivity index (χ0) is 51.5. The summed E-state index contributed by atoms with van der Waals surface area (Å²) in [5.74, 6) is -10.6. The zero-order valence-corrected chi connectivity index (χ0v) is 39.2. The number of carboxylic acids is 1. The van der Waals surface area contributed by atoms with Crippen molar-refractivity contribution in [1.82, 2.24) is 62.1 Å². The van der Waals surface area contributed by atoms with E-state index in [-0.39, 0.29) is 38.1 Å². The molecule has 10 amide bonds. The van der Waals surface area contributed by atoms with Crippen LogP contribution in [0.2, 0.25) is 0 Å². The molecule has 0 radical (unpaired) electrons. The van der Waals surface area contributed by atoms with Crippen LogP contribution in [-0.2, 0) is 65.6 Å². The molecule has 2 aromatic rings. The number of aliphatic carboxylic acids is 1. The highest BCUT2D eigenvalue weighted by molar-refractivity contribution is 5.99. The van der Waals surface area contributed by atoms with Crippen molar-refractivity contribution in [3.8, 4) is 0 Å². The van der Waals surface area contributed by atoms with Crippen molar-refractivity contribution in [2.75, 3.05) is 13.1 Å². The first kappa shape index (κ1) is 55.9. The van der Waals surface area contributed by atoms with Gasteiger partial charge in [-0.2, -0.15) is 0 Å². The standard InChI is InChI=1S/C42H65N15O12/c1-20(2)11-29(41(67)57-10-6-7-30(57)39(65)50-22(5)42(68)69)55-37(63)27(13-24-17-47-19-49-24)52-35(61)25(8-9-31(44)58)51-36(62)26(12-23-16-46-18-48-23)53-38(64)28(14-32(45)59)54-40(66)34(21(3)4)56-33(60)15-43/h16-22,25-30,34H,6-15,43H2,1-5H3,(H2,44,58)(H2,45,59)(H,46,48)(H,47,49)(H,50,65)(H,51,62)(H,52,61)(H,53,64)(H,54,66)(H,55,63)(H,56,60)(H,68,69)/t22-,25-,26-,27-,28-,29-,30-,34-/m0/s1. The van der Waals surface area contributed by atoms with E-state index in [9.17, 15) is 57.8 Å². The van der Waals surface area contributed by atoms with E-state index < -0.39 is 145 Å². The van der Waals surface area contributed by atoms with Gasteiger partial charge in [0.25, 0.3) is 0 Å². The molecule has 380 valence electrons. The van der Waals surface area contributed by atoms with E-state index in [1.165, 1.54) is 36.9 Å². The number of likely N-dealkylation sites (tertiary alicyclic amines) is 1. The molecule has 8 atom stereocenters. The largest absolute Gasteiger partial charge is 0.480 e. The Morgan fingerprint density at radius 1 is 0.696 bits per heavy atom. The number of imidazole rings is 2. The summed E-state index contributed by atoms with van der Waals surface area (Å²) >= 11 is 0. The Balaban J connectivity index is 1.93. The third-order valence-corrected chi connectivity index (χ3v) is 10.9. The van der Waals surface area contributed by atoms with Gasteiger partial charge in [-0.1, -0.05) is 27.7 Å². The lowest BCUT2D eigenvalue weighted by molar-refractivity contribution is -0.144. The van der Waals surface area contributed by atoms with E-state index in [2.05, 4.69) is 57.2 Å². The van der Waals surface area contributed by atoms with E-state index in [1.807, 2.05) is 0 Å². The molecule has 1 aliphatic rings. The second-order valence-electron chi connectivity index (χ2n) is 17.4. The number of amides is 10. The van der Waals surface area contributed by atoms with Gasteiger partial charge in [-0.25, -0.2) is 9.97 Å². The van der Waals surface area contributed by atoms with Crippen molar-refractivity contribution < 1.29 is 57.8 Å². The molecule has 2 aromatic heterocycles. The van der Waals surface area contributed by atoms with Crippen LogP contribution >= 0.6 is 0 Å². The summed E-state index contributed by atoms with van der Waals surface area (Å²) in [6, 6.07) is -11.0. The Kier molecular flexibility index (Phi) is 21.7. The van der Waals surface area contributed by atoms with Gasteiger partial charge in [-0.3, -0.25) is 52.7 Å². The monoisotopic (exact) mass is 971 g/mol. The maximum Gasteiger partial charge on any atom is 0.325 e. The summed E-state index contributed by atoms with van der Waals surface area (Å²) in [5.41, 5.74) is 16.9. The Hall–Kier alpha value is -7.45. The maximum absolute atomic E-state index is 14.3. The minimum Gasteiger partial charge on any atom is -0.480 e. The molecular formula is C42H65N15O12. The molecule has 1 saturated heterocycles. The molecule has 0 spiro atoms. The number of nitrogens with two attached hydrogens (primary N) is 3. The summed E-state index contributed by atoms with van der Waals surface area (Å²) in [6.07, 6.45) is 4.00. The lowest BCUT2D eigenvalue weighted by atomic mass is 10.0. The van der Waals surface area contributed by atoms with Crippen LogP contribution in [0.1, 0.15) is 84.5 Å². The van der Waals surface area contributed by atoms with Gasteiger partial charge in [-0.05, 0) is 44.4 Å². The quantitative estimate of drug-likeness (QED) is 0.0381. The third-order valence-electron chi connectivity index (χ3n) is 10.9. The Morgan fingerprint density at radius 3 is 1.67 bits per heavy atom. The Morgan fingerprint density at radius 2 is 1.20 bits per heavy atom. The molecule has 0 bridgehead atoms. The van der Waals surface area contributed by atoms with Crippen molar-refractivity contribution in [2.45, 2.75) is 134 Å². The first-order chi connectivity index (χ1) is 32.5. The number of rotatable bonds is 28. The number of nitrogens with one attached hydrogen (secondary N) is 9. The SMILES string of the molecule is CC(C)C[C@H](NC(=O)[C@H](Cc1cnc[nH]1)NC(=O)[C@H](CCC(N)=O)NC(=O)[C@H](Cc1cnc[nH]1)NC(=O)[C@H](CC(N)=O)NC(=O)[C@@H](NC(=O)CN)C(C)C)C(=O)N1CCC[C@H]1C(=O)N[C@@H](C)C(=O)O. The van der Waals surface area contributed by atoms with Gasteiger partial charge in [0.1, 0.15) is 48.3 Å². The van der Waals surface area contributed by atoms with Gasteiger partial charge < -0.3 is 74.4 Å². The van der Waals surface area contributed by atoms with Gasteiger partial charge in [0, 0.05) is 49.6 Å². The fourth-order valence-electron chi connectivity index (χ4n) is 7.30. The second-order valence-corrected chi connectivity index (χ2v) is 17.4. The van der Waals surface area contributed by atoms with E-state index in [0.29, 0.717) is 17.8 Å². The summed E-state index contributed by atoms with van der Waals surface area (Å²) in [4.78, 5) is 159. The molecule has 3 rings (SSSR count). The lowest BCUT2D eigenvalue weighted by Crippen LogP contribution is -2.61. The average molecular weight is 972 g/mol. The summed E-state index contributed by atoms with van der Waals surface area (Å²) in [6.45, 7) is 7.81. The fraction of sp³-hybridized carbons (Fsp3) is 0.595. The van der Waals surface area contributed by atoms with Crippen LogP contribution in [-0.4, -0.2) is 156 Å². The van der Waals surface area contributed by atoms with Crippen molar-refractivity contribution in [1.29, 1.82) is 0 Å². The van der Waals surface area contributed by atoms with Crippen molar-refractivity contribution in [3.05, 3.63) is 36.4 Å². The predicted molar refractivity (Wildman–Crippen MR) is 242 cm³/mol. The molecule has 0 unspecified atom stereocenters. The van der Waals surface area contributed by atoms with E-state index in [4.69, 9.17) is 17.2 Å². The topological polar surface area (TPSA) is 431 Å². The van der Waals surface area contributed by atoms with Gasteiger partial charge in [-0.15, -0.1) is 0 Å². The first-order valence-electron chi connectivity index (χ1n) is 22.4. The van der Waals surface area contributed by atoms with Crippen molar-refractivity contribution in [3.63, 3.8) is 0 Å². The number of carbonyl (C=O) groups excluding carboxylic acids is 10. The summed E-state index contributed by atoms with van der Waals surface area (Å²) < 4.78 is 0. The molecule has 27 nitrogen and oxygen atoms in total. The fourth-order valence-corrected chi connectivity index (χ4v) is 7.30. The van der Waals surface area contributed by atoms with E-state index >= 15 is 0 Å². The number of aromatic nitrogens is 4. The lowest BCUT2D eigenvalue weighted by Gasteiger charge is -2.31. The highest BCUT2D eigenvalue weighted by Gasteiger charge is 2.40.